The van der Waals surface area contributed by atoms with Gasteiger partial charge in [0.05, 0.1) is 16.8 Å². The van der Waals surface area contributed by atoms with E-state index < -0.39 is 28.7 Å². The molecule has 0 aromatic heterocycles. The number of nitro benzene ring substituents is 1. The van der Waals surface area contributed by atoms with E-state index in [2.05, 4.69) is 5.32 Å². The van der Waals surface area contributed by atoms with Crippen molar-refractivity contribution in [2.45, 2.75) is 25.8 Å². The molecule has 3 amide bonds. The SMILES string of the molecule is Cc1ccc(NC(=O)[C@@H](Cc2ccccc2)N2C(=O)[C@@H]3[C@H](C2=O)[C@H]2C=C[C@H]3C2)cc1[N+](=O)[O-]. The number of likely N-dealkylation sites (tertiary alicyclic amines) is 1. The van der Waals surface area contributed by atoms with Gasteiger partial charge in [-0.15, -0.1) is 0 Å². The van der Waals surface area contributed by atoms with Gasteiger partial charge in [0.1, 0.15) is 6.04 Å². The van der Waals surface area contributed by atoms with Crippen LogP contribution in [0.25, 0.3) is 0 Å². The molecule has 2 fully saturated rings. The standard InChI is InChI=1S/C25H23N3O5/c1-14-7-10-18(13-19(14)28(32)33)26-23(29)20(11-15-5-3-2-4-6-15)27-24(30)21-16-8-9-17(12-16)22(21)25(27)31/h2-10,13,16-17,20-22H,11-12H2,1H3,(H,26,29)/t16-,17-,20+,21-,22+/m0/s1. The summed E-state index contributed by atoms with van der Waals surface area (Å²) in [6.45, 7) is 1.62. The number of benzene rings is 2. The molecule has 5 rings (SSSR count). The Balaban J connectivity index is 1.46. The highest BCUT2D eigenvalue weighted by Gasteiger charge is 2.61. The molecule has 1 heterocycles. The first-order valence-electron chi connectivity index (χ1n) is 11.0. The zero-order valence-corrected chi connectivity index (χ0v) is 18.0. The van der Waals surface area contributed by atoms with Crippen LogP contribution in [-0.2, 0) is 20.8 Å². The first kappa shape index (κ1) is 21.1. The van der Waals surface area contributed by atoms with Gasteiger partial charge in [0.25, 0.3) is 5.69 Å². The molecule has 1 saturated heterocycles. The molecule has 8 nitrogen and oxygen atoms in total. The number of hydrogen-bond donors (Lipinski definition) is 1. The van der Waals surface area contributed by atoms with Gasteiger partial charge in [-0.05, 0) is 36.8 Å². The number of fused-ring (bicyclic) bond motifs is 5. The number of rotatable bonds is 6. The van der Waals surface area contributed by atoms with Gasteiger partial charge in [-0.1, -0.05) is 48.6 Å². The van der Waals surface area contributed by atoms with Gasteiger partial charge in [-0.2, -0.15) is 0 Å². The van der Waals surface area contributed by atoms with Gasteiger partial charge in [0.2, 0.25) is 17.7 Å². The van der Waals surface area contributed by atoms with Crippen LogP contribution in [0, 0.1) is 40.7 Å². The zero-order valence-electron chi connectivity index (χ0n) is 18.0. The lowest BCUT2D eigenvalue weighted by Crippen LogP contribution is -2.49. The highest BCUT2D eigenvalue weighted by Crippen LogP contribution is 2.53. The van der Waals surface area contributed by atoms with Crippen LogP contribution in [0.15, 0.2) is 60.7 Å². The van der Waals surface area contributed by atoms with Crippen molar-refractivity contribution >= 4 is 29.1 Å². The molecular formula is C25H23N3O5. The molecule has 5 atom stereocenters. The summed E-state index contributed by atoms with van der Waals surface area (Å²) in [7, 11) is 0. The van der Waals surface area contributed by atoms with Crippen LogP contribution >= 0.6 is 0 Å². The molecule has 0 unspecified atom stereocenters. The lowest BCUT2D eigenvalue weighted by molar-refractivity contribution is -0.385. The number of amides is 3. The van der Waals surface area contributed by atoms with Crippen molar-refractivity contribution in [2.24, 2.45) is 23.7 Å². The zero-order chi connectivity index (χ0) is 23.3. The third-order valence-electron chi connectivity index (χ3n) is 7.06. The molecule has 168 valence electrons. The van der Waals surface area contributed by atoms with E-state index in [0.717, 1.165) is 16.9 Å². The Labute approximate surface area is 190 Å². The summed E-state index contributed by atoms with van der Waals surface area (Å²) in [4.78, 5) is 52.1. The van der Waals surface area contributed by atoms with E-state index in [1.54, 1.807) is 19.1 Å². The van der Waals surface area contributed by atoms with E-state index in [0.29, 0.717) is 5.56 Å². The summed E-state index contributed by atoms with van der Waals surface area (Å²) in [5.74, 6) is -1.86. The molecule has 1 N–H and O–H groups in total. The molecule has 0 radical (unpaired) electrons. The summed E-state index contributed by atoms with van der Waals surface area (Å²) in [6.07, 6.45) is 5.00. The fraction of sp³-hybridized carbons (Fsp3) is 0.320. The summed E-state index contributed by atoms with van der Waals surface area (Å²) in [6, 6.07) is 12.6. The molecule has 2 aromatic rings. The number of carbonyl (C=O) groups is 3. The molecule has 2 bridgehead atoms. The minimum absolute atomic E-state index is 0.0432. The van der Waals surface area contributed by atoms with E-state index >= 15 is 0 Å². The number of hydrogen-bond acceptors (Lipinski definition) is 5. The van der Waals surface area contributed by atoms with Gasteiger partial charge < -0.3 is 5.32 Å². The first-order valence-corrected chi connectivity index (χ1v) is 11.0. The smallest absolute Gasteiger partial charge is 0.274 e. The van der Waals surface area contributed by atoms with E-state index in [1.165, 1.54) is 6.07 Å². The van der Waals surface area contributed by atoms with E-state index in [9.17, 15) is 24.5 Å². The van der Waals surface area contributed by atoms with E-state index in [-0.39, 0.29) is 41.4 Å². The molecule has 1 aliphatic heterocycles. The van der Waals surface area contributed by atoms with Gasteiger partial charge in [-0.3, -0.25) is 29.4 Å². The van der Waals surface area contributed by atoms with Gasteiger partial charge in [-0.25, -0.2) is 0 Å². The number of anilines is 1. The van der Waals surface area contributed by atoms with Crippen LogP contribution in [0.2, 0.25) is 0 Å². The highest BCUT2D eigenvalue weighted by molar-refractivity contribution is 6.11. The number of nitrogens with zero attached hydrogens (tertiary/aromatic N) is 2. The molecule has 8 heteroatoms. The average Bonchev–Trinajstić information content (AvgIpc) is 3.48. The normalized spacial score (nSPS) is 25.9. The van der Waals surface area contributed by atoms with Crippen molar-refractivity contribution in [3.8, 4) is 0 Å². The predicted octanol–water partition coefficient (Wildman–Crippen LogP) is 3.26. The van der Waals surface area contributed by atoms with E-state index in [1.807, 2.05) is 42.5 Å². The molecule has 2 aliphatic carbocycles. The first-order chi connectivity index (χ1) is 15.8. The van der Waals surface area contributed by atoms with Crippen LogP contribution in [-0.4, -0.2) is 33.6 Å². The monoisotopic (exact) mass is 445 g/mol. The number of nitro groups is 1. The summed E-state index contributed by atoms with van der Waals surface area (Å²) in [5.41, 5.74) is 1.42. The number of carbonyl (C=O) groups excluding carboxylic acids is 3. The topological polar surface area (TPSA) is 110 Å². The van der Waals surface area contributed by atoms with Gasteiger partial charge in [0, 0.05) is 23.7 Å². The molecule has 2 aromatic carbocycles. The minimum Gasteiger partial charge on any atom is -0.324 e. The lowest BCUT2D eigenvalue weighted by atomic mass is 9.85. The molecule has 1 saturated carbocycles. The van der Waals surface area contributed by atoms with Gasteiger partial charge >= 0.3 is 0 Å². The van der Waals surface area contributed by atoms with E-state index in [4.69, 9.17) is 0 Å². The Morgan fingerprint density at radius 3 is 2.33 bits per heavy atom. The fourth-order valence-electron chi connectivity index (χ4n) is 5.48. The maximum Gasteiger partial charge on any atom is 0.274 e. The van der Waals surface area contributed by atoms with Crippen LogP contribution in [0.3, 0.4) is 0 Å². The maximum absolute atomic E-state index is 13.4. The van der Waals surface area contributed by atoms with Crippen molar-refractivity contribution in [3.05, 3.63) is 81.9 Å². The number of allylic oxidation sites excluding steroid dienone is 2. The average molecular weight is 445 g/mol. The van der Waals surface area contributed by atoms with Crippen LogP contribution in [0.4, 0.5) is 11.4 Å². The Morgan fingerprint density at radius 2 is 1.73 bits per heavy atom. The predicted molar refractivity (Wildman–Crippen MR) is 120 cm³/mol. The van der Waals surface area contributed by atoms with Crippen molar-refractivity contribution in [3.63, 3.8) is 0 Å². The maximum atomic E-state index is 13.4. The molecule has 33 heavy (non-hydrogen) atoms. The minimum atomic E-state index is -1.04. The Hall–Kier alpha value is -3.81. The third kappa shape index (κ3) is 3.51. The second kappa shape index (κ2) is 7.95. The Kier molecular flexibility index (Phi) is 5.08. The lowest BCUT2D eigenvalue weighted by Gasteiger charge is -2.27. The van der Waals surface area contributed by atoms with Crippen LogP contribution in [0.5, 0.6) is 0 Å². The summed E-state index contributed by atoms with van der Waals surface area (Å²) >= 11 is 0. The molecular weight excluding hydrogens is 422 g/mol. The highest BCUT2D eigenvalue weighted by atomic mass is 16.6. The van der Waals surface area contributed by atoms with Crippen molar-refractivity contribution in [1.82, 2.24) is 4.90 Å². The quantitative estimate of drug-likeness (QED) is 0.318. The van der Waals surface area contributed by atoms with Crippen LogP contribution in [0.1, 0.15) is 17.5 Å². The summed E-state index contributed by atoms with van der Waals surface area (Å²) < 4.78 is 0. The van der Waals surface area contributed by atoms with Crippen molar-refractivity contribution in [1.29, 1.82) is 0 Å². The van der Waals surface area contributed by atoms with Crippen molar-refractivity contribution in [2.75, 3.05) is 5.32 Å². The van der Waals surface area contributed by atoms with Gasteiger partial charge in [0.15, 0.2) is 0 Å². The third-order valence-corrected chi connectivity index (χ3v) is 7.06. The molecule has 0 spiro atoms. The fourth-order valence-corrected chi connectivity index (χ4v) is 5.48. The molecule has 3 aliphatic rings. The summed E-state index contributed by atoms with van der Waals surface area (Å²) in [5, 5.41) is 14.0. The number of aryl methyl sites for hydroxylation is 1. The second-order valence-electron chi connectivity index (χ2n) is 9.00. The Morgan fingerprint density at radius 1 is 1.09 bits per heavy atom. The largest absolute Gasteiger partial charge is 0.324 e. The second-order valence-corrected chi connectivity index (χ2v) is 9.00. The van der Waals surface area contributed by atoms with Crippen molar-refractivity contribution < 1.29 is 19.3 Å². The number of imide groups is 1. The Bertz CT molecular complexity index is 1160. The van der Waals surface area contributed by atoms with Crippen LogP contribution < -0.4 is 5.32 Å². The number of nitrogens with one attached hydrogen (secondary N) is 1.